The molecule has 84 valence electrons. The Balaban J connectivity index is 2.55. The van der Waals surface area contributed by atoms with E-state index in [0.29, 0.717) is 11.6 Å². The zero-order chi connectivity index (χ0) is 11.7. The summed E-state index contributed by atoms with van der Waals surface area (Å²) in [4.78, 5) is 12.2. The molecule has 7 nitrogen and oxygen atoms in total. The Morgan fingerprint density at radius 1 is 1.31 bits per heavy atom. The fourth-order valence-corrected chi connectivity index (χ4v) is 1.38. The van der Waals surface area contributed by atoms with Gasteiger partial charge < -0.3 is 11.2 Å². The van der Waals surface area contributed by atoms with Crippen molar-refractivity contribution in [2.24, 2.45) is 5.84 Å². The van der Waals surface area contributed by atoms with Crippen molar-refractivity contribution >= 4 is 11.8 Å². The largest absolute Gasteiger partial charge is 0.368 e. The van der Waals surface area contributed by atoms with Crippen LogP contribution in [-0.2, 0) is 0 Å². The second-order valence-corrected chi connectivity index (χ2v) is 3.40. The van der Waals surface area contributed by atoms with Gasteiger partial charge in [-0.1, -0.05) is 0 Å². The van der Waals surface area contributed by atoms with Crippen molar-refractivity contribution in [2.45, 2.75) is 13.8 Å². The minimum absolute atomic E-state index is 0.163. The maximum absolute atomic E-state index is 5.58. The van der Waals surface area contributed by atoms with E-state index in [1.807, 2.05) is 18.4 Å². The first-order valence-electron chi connectivity index (χ1n) is 4.74. The topological polar surface area (TPSA) is 108 Å². The van der Waals surface area contributed by atoms with Gasteiger partial charge in [-0.25, -0.2) is 10.8 Å². The second-order valence-electron chi connectivity index (χ2n) is 3.40. The van der Waals surface area contributed by atoms with Gasteiger partial charge in [0.05, 0.1) is 5.69 Å². The average molecular weight is 219 g/mol. The molecule has 0 amide bonds. The van der Waals surface area contributed by atoms with Gasteiger partial charge in [-0.3, -0.25) is 4.57 Å². The van der Waals surface area contributed by atoms with Crippen LogP contribution in [-0.4, -0.2) is 19.5 Å². The molecule has 2 rings (SSSR count). The van der Waals surface area contributed by atoms with E-state index in [4.69, 9.17) is 11.6 Å². The Kier molecular flexibility index (Phi) is 2.45. The SMILES string of the molecule is Cc1ncn(-c2cc(NN)nc(N)n2)c1C. The number of nitrogen functional groups attached to an aromatic ring is 2. The monoisotopic (exact) mass is 219 g/mol. The zero-order valence-electron chi connectivity index (χ0n) is 9.10. The first-order valence-corrected chi connectivity index (χ1v) is 4.74. The summed E-state index contributed by atoms with van der Waals surface area (Å²) in [5.41, 5.74) is 9.96. The van der Waals surface area contributed by atoms with Crippen molar-refractivity contribution in [1.82, 2.24) is 19.5 Å². The lowest BCUT2D eigenvalue weighted by Crippen LogP contribution is -2.12. The normalized spacial score (nSPS) is 10.4. The number of aromatic nitrogens is 4. The Labute approximate surface area is 92.5 Å². The highest BCUT2D eigenvalue weighted by atomic mass is 15.3. The number of anilines is 2. The first-order chi connectivity index (χ1) is 7.61. The van der Waals surface area contributed by atoms with Crippen LogP contribution in [0.3, 0.4) is 0 Å². The molecule has 0 aliphatic heterocycles. The van der Waals surface area contributed by atoms with Crippen LogP contribution in [0, 0.1) is 13.8 Å². The minimum Gasteiger partial charge on any atom is -0.368 e. The summed E-state index contributed by atoms with van der Waals surface area (Å²) in [6.07, 6.45) is 1.69. The standard InChI is InChI=1S/C9H13N7/c1-5-6(2)16(4-12-5)8-3-7(15-11)13-9(10)14-8/h3-4H,11H2,1-2H3,(H3,10,13,14,15). The van der Waals surface area contributed by atoms with Crippen molar-refractivity contribution in [3.8, 4) is 5.82 Å². The van der Waals surface area contributed by atoms with Gasteiger partial charge in [-0.15, -0.1) is 0 Å². The number of nitrogens with two attached hydrogens (primary N) is 2. The van der Waals surface area contributed by atoms with Crippen molar-refractivity contribution in [3.63, 3.8) is 0 Å². The zero-order valence-corrected chi connectivity index (χ0v) is 9.10. The molecule has 0 saturated heterocycles. The highest BCUT2D eigenvalue weighted by molar-refractivity contribution is 5.45. The first kappa shape index (κ1) is 10.4. The summed E-state index contributed by atoms with van der Waals surface area (Å²) in [7, 11) is 0. The Bertz CT molecular complexity index is 517. The number of rotatable bonds is 2. The van der Waals surface area contributed by atoms with Gasteiger partial charge >= 0.3 is 0 Å². The molecular weight excluding hydrogens is 206 g/mol. The molecule has 2 aromatic rings. The molecule has 0 aromatic carbocycles. The van der Waals surface area contributed by atoms with Gasteiger partial charge in [-0.2, -0.15) is 9.97 Å². The number of imidazole rings is 1. The summed E-state index contributed by atoms with van der Waals surface area (Å²) < 4.78 is 1.83. The molecule has 2 heterocycles. The van der Waals surface area contributed by atoms with E-state index >= 15 is 0 Å². The molecule has 0 atom stereocenters. The molecule has 0 bridgehead atoms. The third kappa shape index (κ3) is 1.68. The summed E-state index contributed by atoms with van der Waals surface area (Å²) in [5.74, 6) is 6.55. The smallest absolute Gasteiger partial charge is 0.224 e. The van der Waals surface area contributed by atoms with E-state index in [9.17, 15) is 0 Å². The van der Waals surface area contributed by atoms with Crippen LogP contribution in [0.25, 0.3) is 5.82 Å². The number of aryl methyl sites for hydroxylation is 1. The summed E-state index contributed by atoms with van der Waals surface area (Å²) in [6.45, 7) is 3.88. The lowest BCUT2D eigenvalue weighted by atomic mass is 10.4. The molecule has 0 unspecified atom stereocenters. The molecular formula is C9H13N7. The van der Waals surface area contributed by atoms with Crippen LogP contribution >= 0.6 is 0 Å². The highest BCUT2D eigenvalue weighted by Gasteiger charge is 2.08. The fourth-order valence-electron chi connectivity index (χ4n) is 1.38. The van der Waals surface area contributed by atoms with Crippen LogP contribution in [0.2, 0.25) is 0 Å². The molecule has 16 heavy (non-hydrogen) atoms. The molecule has 7 heteroatoms. The number of hydrogen-bond acceptors (Lipinski definition) is 6. The van der Waals surface area contributed by atoms with Gasteiger partial charge in [0.25, 0.3) is 0 Å². The van der Waals surface area contributed by atoms with Gasteiger partial charge in [-0.05, 0) is 13.8 Å². The van der Waals surface area contributed by atoms with E-state index < -0.39 is 0 Å². The third-order valence-corrected chi connectivity index (χ3v) is 2.38. The van der Waals surface area contributed by atoms with E-state index in [0.717, 1.165) is 11.4 Å². The van der Waals surface area contributed by atoms with Crippen LogP contribution < -0.4 is 17.0 Å². The number of hydrogen-bond donors (Lipinski definition) is 3. The maximum atomic E-state index is 5.58. The summed E-state index contributed by atoms with van der Waals surface area (Å²) in [5, 5.41) is 0. The molecule has 5 N–H and O–H groups in total. The van der Waals surface area contributed by atoms with Crippen LogP contribution in [0.15, 0.2) is 12.4 Å². The number of nitrogens with one attached hydrogen (secondary N) is 1. The van der Waals surface area contributed by atoms with Crippen molar-refractivity contribution in [1.29, 1.82) is 0 Å². The minimum atomic E-state index is 0.163. The average Bonchev–Trinajstić information content (AvgIpc) is 2.59. The second kappa shape index (κ2) is 3.78. The van der Waals surface area contributed by atoms with E-state index in [1.165, 1.54) is 0 Å². The molecule has 0 saturated carbocycles. The third-order valence-electron chi connectivity index (χ3n) is 2.38. The Morgan fingerprint density at radius 3 is 2.62 bits per heavy atom. The van der Waals surface area contributed by atoms with E-state index in [1.54, 1.807) is 12.4 Å². The maximum Gasteiger partial charge on any atom is 0.224 e. The molecule has 0 fully saturated rings. The van der Waals surface area contributed by atoms with Crippen molar-refractivity contribution in [2.75, 3.05) is 11.2 Å². The predicted molar refractivity (Wildman–Crippen MR) is 60.9 cm³/mol. The van der Waals surface area contributed by atoms with E-state index in [2.05, 4.69) is 20.4 Å². The lowest BCUT2D eigenvalue weighted by molar-refractivity contribution is 0.939. The van der Waals surface area contributed by atoms with Crippen LogP contribution in [0.1, 0.15) is 11.4 Å². The summed E-state index contributed by atoms with van der Waals surface area (Å²) in [6, 6.07) is 1.70. The number of nitrogens with zero attached hydrogens (tertiary/aromatic N) is 4. The van der Waals surface area contributed by atoms with Gasteiger partial charge in [0.15, 0.2) is 0 Å². The van der Waals surface area contributed by atoms with E-state index in [-0.39, 0.29) is 5.95 Å². The van der Waals surface area contributed by atoms with Gasteiger partial charge in [0.1, 0.15) is 18.0 Å². The molecule has 2 aromatic heterocycles. The number of hydrazine groups is 1. The quantitative estimate of drug-likeness (QED) is 0.490. The summed E-state index contributed by atoms with van der Waals surface area (Å²) >= 11 is 0. The molecule has 0 aliphatic rings. The molecule has 0 radical (unpaired) electrons. The van der Waals surface area contributed by atoms with Crippen LogP contribution in [0.4, 0.5) is 11.8 Å². The van der Waals surface area contributed by atoms with Crippen LogP contribution in [0.5, 0.6) is 0 Å². The Hall–Kier alpha value is -2.15. The van der Waals surface area contributed by atoms with Crippen molar-refractivity contribution in [3.05, 3.63) is 23.8 Å². The molecule has 0 spiro atoms. The fraction of sp³-hybridized carbons (Fsp3) is 0.222. The Morgan fingerprint density at radius 2 is 2.06 bits per heavy atom. The van der Waals surface area contributed by atoms with Gasteiger partial charge in [0, 0.05) is 11.8 Å². The van der Waals surface area contributed by atoms with Crippen molar-refractivity contribution < 1.29 is 0 Å². The van der Waals surface area contributed by atoms with Gasteiger partial charge in [0.2, 0.25) is 5.95 Å². The lowest BCUT2D eigenvalue weighted by Gasteiger charge is -2.07. The predicted octanol–water partition coefficient (Wildman–Crippen LogP) is 0.147. The highest BCUT2D eigenvalue weighted by Crippen LogP contribution is 2.15. The molecule has 0 aliphatic carbocycles.